The quantitative estimate of drug-likeness (QED) is 0.346. The fourth-order valence-electron chi connectivity index (χ4n) is 1.22. The van der Waals surface area contributed by atoms with Crippen molar-refractivity contribution in [2.24, 2.45) is 5.11 Å². The number of azide groups is 1. The van der Waals surface area contributed by atoms with Gasteiger partial charge in [0, 0.05) is 10.5 Å². The van der Waals surface area contributed by atoms with Crippen LogP contribution in [0.4, 0.5) is 13.2 Å². The number of benzene rings is 1. The molecule has 1 aromatic rings. The molecule has 0 bridgehead atoms. The molecule has 0 aromatic heterocycles. The molecular formula is C11H8F3N3O. The summed E-state index contributed by atoms with van der Waals surface area (Å²) in [4.78, 5) is 2.47. The highest BCUT2D eigenvalue weighted by Crippen LogP contribution is 2.36. The summed E-state index contributed by atoms with van der Waals surface area (Å²) in [6.07, 6.45) is -4.51. The summed E-state index contributed by atoms with van der Waals surface area (Å²) in [5, 5.41) is 3.15. The Bertz CT molecular complexity index is 537. The molecule has 0 aliphatic rings. The van der Waals surface area contributed by atoms with Gasteiger partial charge >= 0.3 is 6.18 Å². The first kappa shape index (κ1) is 13.7. The van der Waals surface area contributed by atoms with Gasteiger partial charge in [-0.3, -0.25) is 0 Å². The SMILES string of the molecule is COc1ccc(C#CCN=[N+]=[N-])cc1C(F)(F)F. The Labute approximate surface area is 101 Å². The smallest absolute Gasteiger partial charge is 0.420 e. The van der Waals surface area contributed by atoms with Crippen molar-refractivity contribution in [3.8, 4) is 17.6 Å². The van der Waals surface area contributed by atoms with Crippen LogP contribution in [-0.2, 0) is 6.18 Å². The van der Waals surface area contributed by atoms with E-state index < -0.39 is 11.7 Å². The van der Waals surface area contributed by atoms with Crippen LogP contribution in [-0.4, -0.2) is 13.7 Å². The van der Waals surface area contributed by atoms with Crippen LogP contribution in [0.15, 0.2) is 23.3 Å². The van der Waals surface area contributed by atoms with E-state index in [0.717, 1.165) is 13.2 Å². The van der Waals surface area contributed by atoms with Crippen molar-refractivity contribution < 1.29 is 17.9 Å². The molecular weight excluding hydrogens is 247 g/mol. The molecule has 4 nitrogen and oxygen atoms in total. The van der Waals surface area contributed by atoms with Crippen molar-refractivity contribution >= 4 is 0 Å². The van der Waals surface area contributed by atoms with Gasteiger partial charge in [-0.15, -0.1) is 0 Å². The zero-order valence-corrected chi connectivity index (χ0v) is 9.32. The van der Waals surface area contributed by atoms with E-state index >= 15 is 0 Å². The minimum atomic E-state index is -4.51. The number of halogens is 3. The second-order valence-electron chi connectivity index (χ2n) is 3.10. The van der Waals surface area contributed by atoms with Crippen LogP contribution in [0.1, 0.15) is 11.1 Å². The lowest BCUT2D eigenvalue weighted by Crippen LogP contribution is -2.07. The molecule has 1 aromatic carbocycles. The second-order valence-corrected chi connectivity index (χ2v) is 3.10. The zero-order valence-electron chi connectivity index (χ0n) is 9.32. The molecule has 0 saturated carbocycles. The summed E-state index contributed by atoms with van der Waals surface area (Å²) in [6, 6.07) is 3.49. The fraction of sp³-hybridized carbons (Fsp3) is 0.273. The van der Waals surface area contributed by atoms with Gasteiger partial charge in [-0.25, -0.2) is 0 Å². The highest BCUT2D eigenvalue weighted by Gasteiger charge is 2.34. The van der Waals surface area contributed by atoms with Crippen LogP contribution in [0.5, 0.6) is 5.75 Å². The van der Waals surface area contributed by atoms with Gasteiger partial charge in [-0.2, -0.15) is 13.2 Å². The molecule has 0 aliphatic carbocycles. The van der Waals surface area contributed by atoms with E-state index in [9.17, 15) is 13.2 Å². The van der Waals surface area contributed by atoms with E-state index in [0.29, 0.717) is 0 Å². The summed E-state index contributed by atoms with van der Waals surface area (Å²) in [5.41, 5.74) is 7.30. The molecule has 7 heteroatoms. The van der Waals surface area contributed by atoms with Gasteiger partial charge in [0.05, 0.1) is 19.2 Å². The Morgan fingerprint density at radius 2 is 2.17 bits per heavy atom. The fourth-order valence-corrected chi connectivity index (χ4v) is 1.22. The Kier molecular flexibility index (Phi) is 4.46. The summed E-state index contributed by atoms with van der Waals surface area (Å²) in [5.74, 6) is 4.65. The van der Waals surface area contributed by atoms with Crippen molar-refractivity contribution in [2.45, 2.75) is 6.18 Å². The standard InChI is InChI=1S/C11H8F3N3O/c1-18-10-5-4-8(3-2-6-16-17-15)7-9(10)11(12,13)14/h4-5,7H,6H2,1H3. The van der Waals surface area contributed by atoms with E-state index in [4.69, 9.17) is 5.53 Å². The minimum Gasteiger partial charge on any atom is -0.496 e. The monoisotopic (exact) mass is 255 g/mol. The third kappa shape index (κ3) is 3.61. The predicted octanol–water partition coefficient (Wildman–Crippen LogP) is 3.38. The van der Waals surface area contributed by atoms with Crippen LogP contribution < -0.4 is 4.74 Å². The summed E-state index contributed by atoms with van der Waals surface area (Å²) >= 11 is 0. The molecule has 0 fully saturated rings. The summed E-state index contributed by atoms with van der Waals surface area (Å²) in [7, 11) is 1.16. The van der Waals surface area contributed by atoms with Gasteiger partial charge in [-0.1, -0.05) is 17.0 Å². The van der Waals surface area contributed by atoms with Crippen LogP contribution in [0.3, 0.4) is 0 Å². The molecule has 0 heterocycles. The molecule has 1 rings (SSSR count). The normalized spacial score (nSPS) is 10.0. The molecule has 0 aliphatic heterocycles. The van der Waals surface area contributed by atoms with Gasteiger partial charge in [0.15, 0.2) is 0 Å². The van der Waals surface area contributed by atoms with E-state index in [1.165, 1.54) is 12.1 Å². The van der Waals surface area contributed by atoms with E-state index in [-0.39, 0.29) is 17.9 Å². The first-order valence-corrected chi connectivity index (χ1v) is 4.74. The lowest BCUT2D eigenvalue weighted by molar-refractivity contribution is -0.138. The molecule has 0 saturated heterocycles. The van der Waals surface area contributed by atoms with Gasteiger partial charge < -0.3 is 4.74 Å². The molecule has 94 valence electrons. The van der Waals surface area contributed by atoms with E-state index in [1.807, 2.05) is 0 Å². The van der Waals surface area contributed by atoms with Gasteiger partial charge in [0.25, 0.3) is 0 Å². The van der Waals surface area contributed by atoms with Gasteiger partial charge in [0.2, 0.25) is 0 Å². The molecule has 18 heavy (non-hydrogen) atoms. The maximum atomic E-state index is 12.7. The molecule has 0 radical (unpaired) electrons. The summed E-state index contributed by atoms with van der Waals surface area (Å²) < 4.78 is 42.6. The lowest BCUT2D eigenvalue weighted by Gasteiger charge is -2.11. The first-order valence-electron chi connectivity index (χ1n) is 4.74. The Hall–Kier alpha value is -2.32. The van der Waals surface area contributed by atoms with E-state index in [1.54, 1.807) is 0 Å². The Morgan fingerprint density at radius 3 is 2.72 bits per heavy atom. The average molecular weight is 255 g/mol. The van der Waals surface area contributed by atoms with Crippen molar-refractivity contribution in [3.05, 3.63) is 39.8 Å². The third-order valence-electron chi connectivity index (χ3n) is 1.95. The highest BCUT2D eigenvalue weighted by molar-refractivity contribution is 5.45. The van der Waals surface area contributed by atoms with Gasteiger partial charge in [0.1, 0.15) is 5.75 Å². The predicted molar refractivity (Wildman–Crippen MR) is 58.9 cm³/mol. The number of ether oxygens (including phenoxy) is 1. The van der Waals surface area contributed by atoms with E-state index in [2.05, 4.69) is 26.6 Å². The largest absolute Gasteiger partial charge is 0.496 e. The third-order valence-corrected chi connectivity index (χ3v) is 1.95. The van der Waals surface area contributed by atoms with Crippen molar-refractivity contribution in [1.29, 1.82) is 0 Å². The molecule has 0 spiro atoms. The number of rotatable bonds is 2. The molecule has 0 amide bonds. The number of hydrogen-bond donors (Lipinski definition) is 0. The summed E-state index contributed by atoms with van der Waals surface area (Å²) in [6.45, 7) is -0.0934. The second kappa shape index (κ2) is 5.84. The Morgan fingerprint density at radius 1 is 1.44 bits per heavy atom. The number of methoxy groups -OCH3 is 1. The average Bonchev–Trinajstić information content (AvgIpc) is 2.33. The topological polar surface area (TPSA) is 58.0 Å². The molecule has 0 unspecified atom stereocenters. The maximum Gasteiger partial charge on any atom is 0.420 e. The van der Waals surface area contributed by atoms with Gasteiger partial charge in [-0.05, 0) is 23.7 Å². The first-order chi connectivity index (χ1) is 8.49. The van der Waals surface area contributed by atoms with Crippen LogP contribution in [0.2, 0.25) is 0 Å². The van der Waals surface area contributed by atoms with Crippen LogP contribution in [0, 0.1) is 11.8 Å². The number of hydrogen-bond acceptors (Lipinski definition) is 2. The van der Waals surface area contributed by atoms with Crippen molar-refractivity contribution in [1.82, 2.24) is 0 Å². The maximum absolute atomic E-state index is 12.7. The number of alkyl halides is 3. The highest BCUT2D eigenvalue weighted by atomic mass is 19.4. The zero-order chi connectivity index (χ0) is 13.6. The lowest BCUT2D eigenvalue weighted by atomic mass is 10.1. The van der Waals surface area contributed by atoms with Crippen molar-refractivity contribution in [2.75, 3.05) is 13.7 Å². The van der Waals surface area contributed by atoms with Crippen LogP contribution in [0.25, 0.3) is 10.4 Å². The van der Waals surface area contributed by atoms with Crippen molar-refractivity contribution in [3.63, 3.8) is 0 Å². The molecule has 0 N–H and O–H groups in total. The Balaban J connectivity index is 3.09. The minimum absolute atomic E-state index is 0.0934. The van der Waals surface area contributed by atoms with Crippen LogP contribution >= 0.6 is 0 Å². The molecule has 0 atom stereocenters. The number of nitrogens with zero attached hydrogens (tertiary/aromatic N) is 3.